The van der Waals surface area contributed by atoms with Crippen molar-refractivity contribution < 1.29 is 23.4 Å². The van der Waals surface area contributed by atoms with Gasteiger partial charge in [-0.1, -0.05) is 30.0 Å². The van der Waals surface area contributed by atoms with Crippen molar-refractivity contribution in [1.29, 1.82) is 0 Å². The molecule has 1 N–H and O–H groups in total. The van der Waals surface area contributed by atoms with E-state index in [-0.39, 0.29) is 18.5 Å². The van der Waals surface area contributed by atoms with E-state index < -0.39 is 0 Å². The Labute approximate surface area is 165 Å². The van der Waals surface area contributed by atoms with Crippen LogP contribution < -0.4 is 19.5 Å². The molecule has 0 aliphatic carbocycles. The normalized spacial score (nSPS) is 12.0. The molecule has 2 heterocycles. The highest BCUT2D eigenvalue weighted by Gasteiger charge is 2.17. The van der Waals surface area contributed by atoms with Crippen molar-refractivity contribution in [3.05, 3.63) is 48.5 Å². The molecule has 0 saturated carbocycles. The van der Waals surface area contributed by atoms with Crippen LogP contribution in [0.25, 0.3) is 11.5 Å². The molecule has 9 heteroatoms. The van der Waals surface area contributed by atoms with Crippen molar-refractivity contribution >= 4 is 17.7 Å². The van der Waals surface area contributed by atoms with Gasteiger partial charge in [0.2, 0.25) is 18.6 Å². The number of fused-ring (bicyclic) bond motifs is 1. The first kappa shape index (κ1) is 18.2. The molecular weight excluding hydrogens is 382 g/mol. The predicted molar refractivity (Wildman–Crippen MR) is 102 cm³/mol. The number of rotatable bonds is 8. The molecule has 3 aromatic rings. The fraction of sp³-hybridized carbons (Fsp3) is 0.211. The van der Waals surface area contributed by atoms with Crippen molar-refractivity contribution in [3.8, 4) is 28.7 Å². The number of aromatic nitrogens is 2. The van der Waals surface area contributed by atoms with Gasteiger partial charge in [-0.15, -0.1) is 10.2 Å². The number of amides is 1. The minimum absolute atomic E-state index is 0.135. The molecular formula is C19H17N3O5S. The zero-order chi connectivity index (χ0) is 19.2. The van der Waals surface area contributed by atoms with Gasteiger partial charge < -0.3 is 23.9 Å². The number of carbonyl (C=O) groups is 1. The van der Waals surface area contributed by atoms with Gasteiger partial charge in [0.15, 0.2) is 11.5 Å². The van der Waals surface area contributed by atoms with E-state index in [4.69, 9.17) is 18.6 Å². The average Bonchev–Trinajstić information content (AvgIpc) is 3.39. The van der Waals surface area contributed by atoms with E-state index in [1.165, 1.54) is 11.8 Å². The molecule has 0 fully saturated rings. The van der Waals surface area contributed by atoms with Gasteiger partial charge in [0.05, 0.1) is 12.3 Å². The molecule has 0 atom stereocenters. The molecule has 1 aromatic heterocycles. The number of hydrogen-bond donors (Lipinski definition) is 1. The molecule has 1 amide bonds. The van der Waals surface area contributed by atoms with Crippen molar-refractivity contribution in [1.82, 2.24) is 15.5 Å². The van der Waals surface area contributed by atoms with E-state index in [2.05, 4.69) is 15.5 Å². The highest BCUT2D eigenvalue weighted by atomic mass is 32.2. The van der Waals surface area contributed by atoms with Crippen LogP contribution in [0.5, 0.6) is 17.2 Å². The van der Waals surface area contributed by atoms with Gasteiger partial charge in [-0.25, -0.2) is 0 Å². The number of thioether (sulfide) groups is 1. The molecule has 2 aromatic carbocycles. The number of para-hydroxylation sites is 1. The lowest BCUT2D eigenvalue weighted by Crippen LogP contribution is -2.29. The number of carbonyl (C=O) groups excluding carboxylic acids is 1. The lowest BCUT2D eigenvalue weighted by molar-refractivity contribution is -0.118. The number of nitrogens with one attached hydrogen (secondary N) is 1. The van der Waals surface area contributed by atoms with E-state index in [1.54, 1.807) is 12.1 Å². The molecule has 28 heavy (non-hydrogen) atoms. The van der Waals surface area contributed by atoms with Crippen molar-refractivity contribution in [2.45, 2.75) is 5.22 Å². The lowest BCUT2D eigenvalue weighted by Gasteiger charge is -2.06. The van der Waals surface area contributed by atoms with Gasteiger partial charge in [0.25, 0.3) is 5.22 Å². The van der Waals surface area contributed by atoms with Crippen LogP contribution in [0.3, 0.4) is 0 Å². The third-order valence-corrected chi connectivity index (χ3v) is 4.61. The van der Waals surface area contributed by atoms with Crippen LogP contribution in [0.15, 0.2) is 58.2 Å². The highest BCUT2D eigenvalue weighted by molar-refractivity contribution is 7.99. The van der Waals surface area contributed by atoms with E-state index in [0.29, 0.717) is 35.8 Å². The summed E-state index contributed by atoms with van der Waals surface area (Å²) in [7, 11) is 0. The number of nitrogens with zero attached hydrogens (tertiary/aromatic N) is 2. The van der Waals surface area contributed by atoms with Crippen molar-refractivity contribution in [2.75, 3.05) is 25.7 Å². The topological polar surface area (TPSA) is 95.7 Å². The number of ether oxygens (including phenoxy) is 3. The smallest absolute Gasteiger partial charge is 0.277 e. The zero-order valence-electron chi connectivity index (χ0n) is 14.8. The Morgan fingerprint density at radius 2 is 1.96 bits per heavy atom. The van der Waals surface area contributed by atoms with E-state index >= 15 is 0 Å². The molecule has 0 saturated heterocycles. The van der Waals surface area contributed by atoms with Crippen LogP contribution in [0.4, 0.5) is 0 Å². The quantitative estimate of drug-likeness (QED) is 0.456. The highest BCUT2D eigenvalue weighted by Crippen LogP contribution is 2.35. The summed E-state index contributed by atoms with van der Waals surface area (Å²) in [6.45, 7) is 1.02. The van der Waals surface area contributed by atoms with Crippen molar-refractivity contribution in [3.63, 3.8) is 0 Å². The Morgan fingerprint density at radius 3 is 2.86 bits per heavy atom. The summed E-state index contributed by atoms with van der Waals surface area (Å²) in [5.74, 6) is 2.50. The molecule has 144 valence electrons. The molecule has 8 nitrogen and oxygen atoms in total. The second kappa shape index (κ2) is 8.66. The van der Waals surface area contributed by atoms with E-state index in [1.807, 2.05) is 36.4 Å². The minimum atomic E-state index is -0.135. The van der Waals surface area contributed by atoms with Crippen LogP contribution in [0.2, 0.25) is 0 Å². The maximum Gasteiger partial charge on any atom is 0.277 e. The Kier molecular flexibility index (Phi) is 5.62. The van der Waals surface area contributed by atoms with Crippen LogP contribution >= 0.6 is 11.8 Å². The summed E-state index contributed by atoms with van der Waals surface area (Å²) in [5, 5.41) is 11.1. The second-order valence-corrected chi connectivity index (χ2v) is 6.67. The van der Waals surface area contributed by atoms with Crippen LogP contribution in [-0.2, 0) is 4.79 Å². The molecule has 0 spiro atoms. The molecule has 0 radical (unpaired) electrons. The van der Waals surface area contributed by atoms with Crippen LogP contribution in [0, 0.1) is 0 Å². The van der Waals surface area contributed by atoms with Crippen molar-refractivity contribution in [2.24, 2.45) is 0 Å². The fourth-order valence-corrected chi connectivity index (χ4v) is 3.06. The summed E-state index contributed by atoms with van der Waals surface area (Å²) in [6, 6.07) is 14.8. The maximum absolute atomic E-state index is 11.9. The number of hydrogen-bond acceptors (Lipinski definition) is 8. The van der Waals surface area contributed by atoms with Crippen LogP contribution in [-0.4, -0.2) is 41.8 Å². The molecule has 1 aliphatic heterocycles. The standard InChI is InChI=1S/C19H17N3O5S/c23-17(20-8-9-24-14-4-2-1-3-5-14)11-28-19-22-21-18(27-19)13-6-7-15-16(10-13)26-12-25-15/h1-7,10H,8-9,11-12H2,(H,20,23). The van der Waals surface area contributed by atoms with Gasteiger partial charge in [0, 0.05) is 5.56 Å². The first-order valence-electron chi connectivity index (χ1n) is 8.59. The summed E-state index contributed by atoms with van der Waals surface area (Å²) >= 11 is 1.17. The Morgan fingerprint density at radius 1 is 1.11 bits per heavy atom. The molecule has 0 unspecified atom stereocenters. The Bertz CT molecular complexity index is 948. The number of benzene rings is 2. The predicted octanol–water partition coefficient (Wildman–Crippen LogP) is 2.75. The first-order valence-corrected chi connectivity index (χ1v) is 9.57. The van der Waals surface area contributed by atoms with Gasteiger partial charge in [-0.3, -0.25) is 4.79 Å². The maximum atomic E-state index is 11.9. The summed E-state index contributed by atoms with van der Waals surface area (Å²) in [5.41, 5.74) is 0.728. The van der Waals surface area contributed by atoms with Gasteiger partial charge in [-0.05, 0) is 30.3 Å². The summed E-state index contributed by atoms with van der Waals surface area (Å²) in [4.78, 5) is 11.9. The average molecular weight is 399 g/mol. The van der Waals surface area contributed by atoms with E-state index in [9.17, 15) is 4.79 Å². The molecule has 0 bridgehead atoms. The van der Waals surface area contributed by atoms with Gasteiger partial charge >= 0.3 is 0 Å². The lowest BCUT2D eigenvalue weighted by atomic mass is 10.2. The minimum Gasteiger partial charge on any atom is -0.492 e. The Balaban J connectivity index is 1.21. The fourth-order valence-electron chi connectivity index (χ4n) is 2.47. The monoisotopic (exact) mass is 399 g/mol. The zero-order valence-corrected chi connectivity index (χ0v) is 15.6. The largest absolute Gasteiger partial charge is 0.492 e. The Hall–Kier alpha value is -3.20. The third-order valence-electron chi connectivity index (χ3n) is 3.79. The summed E-state index contributed by atoms with van der Waals surface area (Å²) in [6.07, 6.45) is 0. The second-order valence-electron chi connectivity index (χ2n) is 5.74. The van der Waals surface area contributed by atoms with Crippen LogP contribution in [0.1, 0.15) is 0 Å². The first-order chi connectivity index (χ1) is 13.8. The summed E-state index contributed by atoms with van der Waals surface area (Å²) < 4.78 is 21.7. The molecule has 4 rings (SSSR count). The van der Waals surface area contributed by atoms with Gasteiger partial charge in [0.1, 0.15) is 12.4 Å². The third kappa shape index (κ3) is 4.55. The SMILES string of the molecule is O=C(CSc1nnc(-c2ccc3c(c2)OCO3)o1)NCCOc1ccccc1. The van der Waals surface area contributed by atoms with Gasteiger partial charge in [-0.2, -0.15) is 0 Å². The molecule has 1 aliphatic rings. The van der Waals surface area contributed by atoms with E-state index in [0.717, 1.165) is 11.3 Å².